The number of benzene rings is 5. The maximum Gasteiger partial charge on any atom is 0.260 e. The highest BCUT2D eigenvalue weighted by Crippen LogP contribution is 2.44. The van der Waals surface area contributed by atoms with Gasteiger partial charge in [-0.05, 0) is 105 Å². The van der Waals surface area contributed by atoms with Crippen LogP contribution >= 0.6 is 21.6 Å². The number of amides is 3. The molecule has 17 nitrogen and oxygen atoms in total. The fourth-order valence-corrected chi connectivity index (χ4v) is 13.3. The van der Waals surface area contributed by atoms with Crippen LogP contribution in [0.1, 0.15) is 76.6 Å². The fourth-order valence-electron chi connectivity index (χ4n) is 10.7. The highest BCUT2D eigenvalue weighted by Gasteiger charge is 2.40. The zero-order valence-corrected chi connectivity index (χ0v) is 48.0. The Hall–Kier alpha value is -6.64. The van der Waals surface area contributed by atoms with E-state index in [9.17, 15) is 14.4 Å². The molecule has 420 valence electrons. The first-order chi connectivity index (χ1) is 38.4. The van der Waals surface area contributed by atoms with Crippen LogP contribution in [0.25, 0.3) is 0 Å². The van der Waals surface area contributed by atoms with Crippen molar-refractivity contribution >= 4 is 74.0 Å². The van der Waals surface area contributed by atoms with E-state index in [2.05, 4.69) is 69.8 Å². The SMILES string of the molecule is CC=NNC(=O)CCCSSC(C)(C)CN(CCOCCOCCOC)c1cc(COc2cc3c(cc2OC)C(=O)N2c4ccccc4C[C@H]2CN3)cc(COc2cc3c(cc2OC)C(=O)N2c4ccccc4C[C@H]2CN3C)c1. The van der Waals surface area contributed by atoms with Crippen LogP contribution in [0, 0.1) is 0 Å². The predicted octanol–water partition coefficient (Wildman–Crippen LogP) is 9.43. The summed E-state index contributed by atoms with van der Waals surface area (Å²) in [4.78, 5) is 49.3. The van der Waals surface area contributed by atoms with Gasteiger partial charge in [0.15, 0.2) is 23.0 Å². The lowest BCUT2D eigenvalue weighted by molar-refractivity contribution is -0.121. The third-order valence-corrected chi connectivity index (χ3v) is 17.7. The average Bonchev–Trinajstić information content (AvgIpc) is 4.21. The van der Waals surface area contributed by atoms with Crippen LogP contribution in [0.4, 0.5) is 28.4 Å². The second-order valence-corrected chi connectivity index (χ2v) is 23.7. The average molecular weight is 1120 g/mol. The lowest BCUT2D eigenvalue weighted by Crippen LogP contribution is -2.41. The van der Waals surface area contributed by atoms with Gasteiger partial charge in [0.1, 0.15) is 13.2 Å². The number of anilines is 5. The molecule has 4 aliphatic rings. The maximum absolute atomic E-state index is 14.4. The molecule has 5 aromatic rings. The number of para-hydroxylation sites is 2. The molecule has 0 saturated carbocycles. The molecule has 0 aromatic heterocycles. The van der Waals surface area contributed by atoms with Gasteiger partial charge in [-0.15, -0.1) is 0 Å². The molecule has 19 heteroatoms. The van der Waals surface area contributed by atoms with E-state index < -0.39 is 0 Å². The second-order valence-electron chi connectivity index (χ2n) is 20.6. The van der Waals surface area contributed by atoms with Crippen molar-refractivity contribution in [3.63, 3.8) is 0 Å². The fraction of sp³-hybridized carbons (Fsp3) is 0.433. The molecule has 9 rings (SSSR count). The van der Waals surface area contributed by atoms with Gasteiger partial charge in [0, 0.05) is 92.7 Å². The minimum atomic E-state index is -0.252. The Morgan fingerprint density at radius 1 is 0.759 bits per heavy atom. The number of hydrogen-bond acceptors (Lipinski definition) is 16. The summed E-state index contributed by atoms with van der Waals surface area (Å²) in [6, 6.07) is 29.9. The molecule has 0 saturated heterocycles. The zero-order valence-electron chi connectivity index (χ0n) is 46.3. The highest BCUT2D eigenvalue weighted by molar-refractivity contribution is 8.77. The first-order valence-corrected chi connectivity index (χ1v) is 29.3. The van der Waals surface area contributed by atoms with Crippen LogP contribution in [-0.2, 0) is 45.1 Å². The monoisotopic (exact) mass is 1120 g/mol. The van der Waals surface area contributed by atoms with Crippen LogP contribution in [0.3, 0.4) is 0 Å². The van der Waals surface area contributed by atoms with Crippen LogP contribution in [0.2, 0.25) is 0 Å². The van der Waals surface area contributed by atoms with E-state index in [1.54, 1.807) is 68.2 Å². The van der Waals surface area contributed by atoms with Crippen molar-refractivity contribution in [2.24, 2.45) is 5.10 Å². The van der Waals surface area contributed by atoms with Gasteiger partial charge in [-0.2, -0.15) is 5.10 Å². The molecule has 4 heterocycles. The Morgan fingerprint density at radius 2 is 1.37 bits per heavy atom. The van der Waals surface area contributed by atoms with Gasteiger partial charge in [-0.3, -0.25) is 14.4 Å². The number of likely N-dealkylation sites (N-methyl/N-ethyl adjacent to an activating group) is 1. The number of carbonyl (C=O) groups excluding carboxylic acids is 3. The van der Waals surface area contributed by atoms with Gasteiger partial charge in [0.2, 0.25) is 5.91 Å². The van der Waals surface area contributed by atoms with Gasteiger partial charge in [-0.25, -0.2) is 5.43 Å². The van der Waals surface area contributed by atoms with E-state index in [1.807, 2.05) is 65.4 Å². The van der Waals surface area contributed by atoms with Gasteiger partial charge in [0.25, 0.3) is 11.8 Å². The van der Waals surface area contributed by atoms with Crippen molar-refractivity contribution in [1.29, 1.82) is 0 Å². The van der Waals surface area contributed by atoms with Crippen molar-refractivity contribution in [2.75, 3.05) is 118 Å². The summed E-state index contributed by atoms with van der Waals surface area (Å²) in [5.74, 6) is 2.44. The molecule has 0 spiro atoms. The first-order valence-electron chi connectivity index (χ1n) is 27.0. The summed E-state index contributed by atoms with van der Waals surface area (Å²) >= 11 is 0. The summed E-state index contributed by atoms with van der Waals surface area (Å²) in [5.41, 5.74) is 12.0. The molecule has 3 amide bonds. The van der Waals surface area contributed by atoms with Crippen molar-refractivity contribution in [1.82, 2.24) is 5.43 Å². The van der Waals surface area contributed by atoms with Crippen molar-refractivity contribution < 1.29 is 47.5 Å². The quantitative estimate of drug-likeness (QED) is 0.0221. The van der Waals surface area contributed by atoms with E-state index in [0.29, 0.717) is 105 Å². The summed E-state index contributed by atoms with van der Waals surface area (Å²) in [6.45, 7) is 11.3. The van der Waals surface area contributed by atoms with Crippen LogP contribution in [0.15, 0.2) is 96.1 Å². The smallest absolute Gasteiger partial charge is 0.260 e. The topological polar surface area (TPSA) is 165 Å². The number of nitrogens with zero attached hydrogens (tertiary/aromatic N) is 5. The van der Waals surface area contributed by atoms with Gasteiger partial charge in [0.05, 0.1) is 81.8 Å². The van der Waals surface area contributed by atoms with Crippen LogP contribution in [-0.4, -0.2) is 134 Å². The molecule has 0 aliphatic carbocycles. The second kappa shape index (κ2) is 26.5. The highest BCUT2D eigenvalue weighted by atomic mass is 33.1. The summed E-state index contributed by atoms with van der Waals surface area (Å²) in [5, 5.41) is 7.42. The predicted molar refractivity (Wildman–Crippen MR) is 316 cm³/mol. The molecule has 79 heavy (non-hydrogen) atoms. The van der Waals surface area contributed by atoms with E-state index in [4.69, 9.17) is 33.2 Å². The zero-order chi connectivity index (χ0) is 55.5. The van der Waals surface area contributed by atoms with Crippen LogP contribution < -0.4 is 49.3 Å². The molecule has 0 radical (unpaired) electrons. The lowest BCUT2D eigenvalue weighted by Gasteiger charge is -2.34. The van der Waals surface area contributed by atoms with Crippen molar-refractivity contribution in [2.45, 2.75) is 76.5 Å². The molecule has 5 aromatic carbocycles. The molecule has 4 aliphatic heterocycles. The minimum Gasteiger partial charge on any atom is -0.493 e. The largest absolute Gasteiger partial charge is 0.493 e. The molecule has 2 N–H and O–H groups in total. The third-order valence-electron chi connectivity index (χ3n) is 14.4. The van der Waals surface area contributed by atoms with Crippen molar-refractivity contribution in [3.05, 3.63) is 124 Å². The minimum absolute atomic E-state index is 0.00911. The normalized spacial score (nSPS) is 16.3. The Labute approximate surface area is 472 Å². The summed E-state index contributed by atoms with van der Waals surface area (Å²) < 4.78 is 42.1. The van der Waals surface area contributed by atoms with E-state index in [0.717, 1.165) is 64.5 Å². The number of carbonyl (C=O) groups is 3. The first kappa shape index (κ1) is 57.1. The van der Waals surface area contributed by atoms with E-state index in [1.165, 1.54) is 5.56 Å². The van der Waals surface area contributed by atoms with E-state index >= 15 is 0 Å². The number of hydrazone groups is 1. The molecular weight excluding hydrogens is 1040 g/mol. The molecule has 0 unspecified atom stereocenters. The lowest BCUT2D eigenvalue weighted by atomic mass is 10.1. The number of hydrogen-bond donors (Lipinski definition) is 2. The standard InChI is InChI=1S/C60H73N7O10S2/c1-8-62-63-57(68)18-13-25-78-79-60(2,3)39-65(19-20-74-23-24-75-22-21-71-5)44-27-40(37-76-55-33-49-47(31-53(55)72-6)58(69)66-45(35-61-49)29-42-14-9-11-16-50(42)66)26-41(28-44)38-77-56-34-52-48(32-54(56)73-7)59(70)67-46(36-64(52)4)30-43-15-10-12-17-51(43)67/h8-12,14-17,26-28,31-34,45-46,61H,13,18-25,29-30,35-39H2,1-7H3,(H,63,68)/t45-,46-/m0/s1. The number of rotatable bonds is 27. The van der Waals surface area contributed by atoms with Gasteiger partial charge >= 0.3 is 0 Å². The van der Waals surface area contributed by atoms with Crippen LogP contribution in [0.5, 0.6) is 23.0 Å². The Kier molecular flexibility index (Phi) is 19.2. The maximum atomic E-state index is 14.4. The number of ether oxygens (including phenoxy) is 7. The van der Waals surface area contributed by atoms with Gasteiger partial charge in [-0.1, -0.05) is 58.0 Å². The Morgan fingerprint density at radius 3 is 2.04 bits per heavy atom. The van der Waals surface area contributed by atoms with Gasteiger partial charge < -0.3 is 58.1 Å². The Bertz CT molecular complexity index is 3000. The number of fused-ring (bicyclic) bond motifs is 8. The van der Waals surface area contributed by atoms with E-state index in [-0.39, 0.29) is 47.8 Å². The summed E-state index contributed by atoms with van der Waals surface area (Å²) in [7, 11) is 10.4. The Balaban J connectivity index is 0.999. The molecular formula is C60H73N7O10S2. The molecule has 2 atom stereocenters. The molecule has 0 bridgehead atoms. The molecule has 0 fully saturated rings. The number of methoxy groups -OCH3 is 3. The summed E-state index contributed by atoms with van der Waals surface area (Å²) in [6.07, 6.45) is 4.23. The van der Waals surface area contributed by atoms with Crippen molar-refractivity contribution in [3.8, 4) is 23.0 Å². The number of nitrogens with one attached hydrogen (secondary N) is 2. The third kappa shape index (κ3) is 13.7.